The van der Waals surface area contributed by atoms with Gasteiger partial charge in [-0.05, 0) is 18.4 Å². The van der Waals surface area contributed by atoms with E-state index in [0.717, 1.165) is 10.6 Å². The summed E-state index contributed by atoms with van der Waals surface area (Å²) in [6.45, 7) is 1.36. The van der Waals surface area contributed by atoms with Crippen molar-refractivity contribution >= 4 is 40.6 Å². The largest absolute Gasteiger partial charge is 0.452 e. The predicted molar refractivity (Wildman–Crippen MR) is 82.4 cm³/mol. The van der Waals surface area contributed by atoms with Crippen LogP contribution in [0.2, 0.25) is 0 Å². The Kier molecular flexibility index (Phi) is 5.23. The summed E-state index contributed by atoms with van der Waals surface area (Å²) < 4.78 is 4.92. The zero-order chi connectivity index (χ0) is 16.1. The average Bonchev–Trinajstić information content (AvgIpc) is 3.07. The Labute approximate surface area is 134 Å². The van der Waals surface area contributed by atoms with Gasteiger partial charge in [0.25, 0.3) is 5.91 Å². The topological polar surface area (TPSA) is 111 Å². The minimum absolute atomic E-state index is 0.0468. The lowest BCUT2D eigenvalue weighted by Gasteiger charge is -2.11. The van der Waals surface area contributed by atoms with Gasteiger partial charge in [0.1, 0.15) is 5.01 Å². The summed E-state index contributed by atoms with van der Waals surface area (Å²) in [5.74, 6) is -1.37. The van der Waals surface area contributed by atoms with Crippen LogP contribution in [0.3, 0.4) is 0 Å². The Balaban J connectivity index is 1.89. The minimum Gasteiger partial charge on any atom is -0.452 e. The van der Waals surface area contributed by atoms with E-state index >= 15 is 0 Å². The molecule has 0 aliphatic carbocycles. The van der Waals surface area contributed by atoms with E-state index < -0.39 is 24.0 Å². The highest BCUT2D eigenvalue weighted by atomic mass is 32.1. The third-order valence-electron chi connectivity index (χ3n) is 2.57. The van der Waals surface area contributed by atoms with Gasteiger partial charge in [-0.3, -0.25) is 14.9 Å². The van der Waals surface area contributed by atoms with Gasteiger partial charge in [-0.2, -0.15) is 11.3 Å². The van der Waals surface area contributed by atoms with Crippen LogP contribution in [0.15, 0.2) is 22.2 Å². The van der Waals surface area contributed by atoms with Gasteiger partial charge < -0.3 is 10.5 Å². The van der Waals surface area contributed by atoms with Crippen LogP contribution in [0.4, 0.5) is 4.79 Å². The van der Waals surface area contributed by atoms with Crippen LogP contribution in [0.1, 0.15) is 12.6 Å². The van der Waals surface area contributed by atoms with Gasteiger partial charge in [0.15, 0.2) is 6.10 Å². The molecule has 0 fully saturated rings. The van der Waals surface area contributed by atoms with E-state index in [0.29, 0.717) is 5.69 Å². The molecule has 22 heavy (non-hydrogen) atoms. The number of carbonyl (C=O) groups excluding carboxylic acids is 3. The maximum Gasteiger partial charge on any atom is 0.318 e. The highest BCUT2D eigenvalue weighted by molar-refractivity contribution is 7.14. The Bertz CT molecular complexity index is 681. The van der Waals surface area contributed by atoms with Crippen LogP contribution in [-0.2, 0) is 20.7 Å². The van der Waals surface area contributed by atoms with Crippen molar-refractivity contribution in [2.45, 2.75) is 19.4 Å². The molecule has 0 saturated heterocycles. The molecule has 2 aromatic rings. The maximum absolute atomic E-state index is 11.8. The number of thiazole rings is 1. The molecule has 3 amide bonds. The van der Waals surface area contributed by atoms with Crippen molar-refractivity contribution in [3.8, 4) is 10.6 Å². The van der Waals surface area contributed by atoms with Crippen molar-refractivity contribution in [2.75, 3.05) is 0 Å². The first-order valence-corrected chi connectivity index (χ1v) is 8.04. The van der Waals surface area contributed by atoms with Crippen LogP contribution < -0.4 is 11.1 Å². The first kappa shape index (κ1) is 16.1. The molecule has 0 unspecified atom stereocenters. The summed E-state index contributed by atoms with van der Waals surface area (Å²) >= 11 is 3.00. The van der Waals surface area contributed by atoms with Crippen LogP contribution in [0.25, 0.3) is 10.6 Å². The number of esters is 1. The first-order valence-electron chi connectivity index (χ1n) is 6.22. The summed E-state index contributed by atoms with van der Waals surface area (Å²) in [4.78, 5) is 38.0. The van der Waals surface area contributed by atoms with Crippen LogP contribution >= 0.6 is 22.7 Å². The van der Waals surface area contributed by atoms with Crippen molar-refractivity contribution < 1.29 is 19.1 Å². The van der Waals surface area contributed by atoms with E-state index in [1.165, 1.54) is 18.3 Å². The number of carbonyl (C=O) groups is 3. The molecular weight excluding hydrogens is 326 g/mol. The number of rotatable bonds is 5. The number of hydrogen-bond donors (Lipinski definition) is 2. The number of primary amides is 1. The highest BCUT2D eigenvalue weighted by Gasteiger charge is 2.19. The molecule has 2 rings (SSSR count). The molecule has 2 aromatic heterocycles. The molecule has 0 radical (unpaired) electrons. The molecule has 7 nitrogen and oxygen atoms in total. The van der Waals surface area contributed by atoms with E-state index in [-0.39, 0.29) is 6.42 Å². The second-order valence-corrected chi connectivity index (χ2v) is 5.96. The lowest BCUT2D eigenvalue weighted by Crippen LogP contribution is -2.42. The maximum atomic E-state index is 11.8. The number of thiophene rings is 1. The molecular formula is C13H13N3O4S2. The van der Waals surface area contributed by atoms with Gasteiger partial charge in [0.05, 0.1) is 12.1 Å². The van der Waals surface area contributed by atoms with E-state index in [1.807, 2.05) is 22.1 Å². The summed E-state index contributed by atoms with van der Waals surface area (Å²) in [7, 11) is 0. The summed E-state index contributed by atoms with van der Waals surface area (Å²) in [5, 5.41) is 8.35. The fourth-order valence-electron chi connectivity index (χ4n) is 1.57. The fourth-order valence-corrected chi connectivity index (χ4v) is 3.10. The molecule has 1 atom stereocenters. The molecule has 0 bridgehead atoms. The van der Waals surface area contributed by atoms with Crippen molar-refractivity contribution in [3.63, 3.8) is 0 Å². The SMILES string of the molecule is C[C@@H](OC(=O)Cc1csc(-c2ccsc2)n1)C(=O)NC(N)=O. The number of imide groups is 1. The lowest BCUT2D eigenvalue weighted by molar-refractivity contribution is -0.153. The van der Waals surface area contributed by atoms with Crippen molar-refractivity contribution in [2.24, 2.45) is 5.73 Å². The van der Waals surface area contributed by atoms with E-state index in [2.05, 4.69) is 4.98 Å². The van der Waals surface area contributed by atoms with Gasteiger partial charge in [0, 0.05) is 16.3 Å². The minimum atomic E-state index is -1.10. The van der Waals surface area contributed by atoms with E-state index in [4.69, 9.17) is 10.5 Å². The van der Waals surface area contributed by atoms with Crippen molar-refractivity contribution in [3.05, 3.63) is 27.9 Å². The number of nitrogens with zero attached hydrogens (tertiary/aromatic N) is 1. The van der Waals surface area contributed by atoms with Gasteiger partial charge in [-0.15, -0.1) is 11.3 Å². The number of urea groups is 1. The van der Waals surface area contributed by atoms with Gasteiger partial charge >= 0.3 is 12.0 Å². The summed E-state index contributed by atoms with van der Waals surface area (Å²) in [6, 6.07) is 0.953. The van der Waals surface area contributed by atoms with Gasteiger partial charge in [-0.1, -0.05) is 0 Å². The molecule has 0 saturated carbocycles. The second kappa shape index (κ2) is 7.14. The van der Waals surface area contributed by atoms with Crippen LogP contribution in [0.5, 0.6) is 0 Å². The number of hydrogen-bond acceptors (Lipinski definition) is 7. The van der Waals surface area contributed by atoms with Crippen LogP contribution in [0, 0.1) is 0 Å². The number of nitrogens with two attached hydrogens (primary N) is 1. The number of aromatic nitrogens is 1. The molecule has 0 aromatic carbocycles. The standard InChI is InChI=1S/C13H13N3O4S2/c1-7(11(18)16-13(14)19)20-10(17)4-9-6-22-12(15-9)8-2-3-21-5-8/h2-3,5-7H,4H2,1H3,(H3,14,16,18,19)/t7-/m1/s1. The van der Waals surface area contributed by atoms with E-state index in [1.54, 1.807) is 16.7 Å². The Morgan fingerprint density at radius 1 is 1.41 bits per heavy atom. The molecule has 3 N–H and O–H groups in total. The average molecular weight is 339 g/mol. The second-order valence-electron chi connectivity index (χ2n) is 4.32. The normalized spacial score (nSPS) is 11.7. The predicted octanol–water partition coefficient (Wildman–Crippen LogP) is 1.54. The lowest BCUT2D eigenvalue weighted by atomic mass is 10.3. The number of amides is 3. The quantitative estimate of drug-likeness (QED) is 0.803. The molecule has 2 heterocycles. The molecule has 116 valence electrons. The molecule has 0 aliphatic rings. The molecule has 0 spiro atoms. The number of nitrogens with one attached hydrogen (secondary N) is 1. The van der Waals surface area contributed by atoms with Crippen LogP contribution in [-0.4, -0.2) is 29.0 Å². The Morgan fingerprint density at radius 2 is 2.18 bits per heavy atom. The summed E-state index contributed by atoms with van der Waals surface area (Å²) in [5.41, 5.74) is 6.39. The Morgan fingerprint density at radius 3 is 2.82 bits per heavy atom. The van der Waals surface area contributed by atoms with Gasteiger partial charge in [0.2, 0.25) is 0 Å². The zero-order valence-corrected chi connectivity index (χ0v) is 13.2. The third kappa shape index (κ3) is 4.37. The zero-order valence-electron chi connectivity index (χ0n) is 11.6. The Hall–Kier alpha value is -2.26. The van der Waals surface area contributed by atoms with Gasteiger partial charge in [-0.25, -0.2) is 9.78 Å². The number of ether oxygens (including phenoxy) is 1. The van der Waals surface area contributed by atoms with Crippen molar-refractivity contribution in [1.82, 2.24) is 10.3 Å². The fraction of sp³-hybridized carbons (Fsp3) is 0.231. The molecule has 0 aliphatic heterocycles. The monoisotopic (exact) mass is 339 g/mol. The highest BCUT2D eigenvalue weighted by Crippen LogP contribution is 2.25. The first-order chi connectivity index (χ1) is 10.5. The smallest absolute Gasteiger partial charge is 0.318 e. The third-order valence-corrected chi connectivity index (χ3v) is 4.19. The molecule has 9 heteroatoms. The van der Waals surface area contributed by atoms with E-state index in [9.17, 15) is 14.4 Å². The van der Waals surface area contributed by atoms with Crippen molar-refractivity contribution in [1.29, 1.82) is 0 Å². The summed E-state index contributed by atoms with van der Waals surface area (Å²) in [6.07, 6.45) is -1.15.